The number of nitrogens with one attached hydrogen (secondary N) is 2. The highest BCUT2D eigenvalue weighted by Crippen LogP contribution is 2.30. The van der Waals surface area contributed by atoms with Gasteiger partial charge in [0.05, 0.1) is 17.1 Å². The summed E-state index contributed by atoms with van der Waals surface area (Å²) in [6.07, 6.45) is -0.582. The number of hydrogen-bond acceptors (Lipinski definition) is 7. The summed E-state index contributed by atoms with van der Waals surface area (Å²) in [5.41, 5.74) is 1.89. The predicted molar refractivity (Wildman–Crippen MR) is 147 cm³/mol. The molecule has 0 atom stereocenters. The van der Waals surface area contributed by atoms with E-state index in [2.05, 4.69) is 20.2 Å². The Kier molecular flexibility index (Phi) is 7.02. The van der Waals surface area contributed by atoms with Crippen molar-refractivity contribution in [2.24, 2.45) is 0 Å². The van der Waals surface area contributed by atoms with E-state index in [0.717, 1.165) is 16.3 Å². The lowest BCUT2D eigenvalue weighted by Gasteiger charge is -2.19. The maximum absolute atomic E-state index is 13.1. The van der Waals surface area contributed by atoms with Crippen LogP contribution in [-0.2, 0) is 27.8 Å². The van der Waals surface area contributed by atoms with Gasteiger partial charge >= 0.3 is 6.09 Å². The van der Waals surface area contributed by atoms with E-state index in [4.69, 9.17) is 9.84 Å². The Bertz CT molecular complexity index is 1760. The van der Waals surface area contributed by atoms with Crippen molar-refractivity contribution >= 4 is 32.5 Å². The molecule has 0 aliphatic heterocycles. The summed E-state index contributed by atoms with van der Waals surface area (Å²) >= 11 is 0. The quantitative estimate of drug-likeness (QED) is 0.310. The number of fused-ring (bicyclic) bond motifs is 3. The van der Waals surface area contributed by atoms with Crippen LogP contribution < -0.4 is 10.0 Å². The van der Waals surface area contributed by atoms with Crippen molar-refractivity contribution in [2.75, 3.05) is 0 Å². The minimum atomic E-state index is -3.79. The second kappa shape index (κ2) is 10.4. The molecule has 0 aliphatic carbocycles. The van der Waals surface area contributed by atoms with Crippen LogP contribution in [0.15, 0.2) is 83.8 Å². The van der Waals surface area contributed by atoms with Crippen molar-refractivity contribution in [2.45, 2.75) is 44.4 Å². The molecule has 39 heavy (non-hydrogen) atoms. The first-order chi connectivity index (χ1) is 18.6. The van der Waals surface area contributed by atoms with Gasteiger partial charge in [0, 0.05) is 22.9 Å². The van der Waals surface area contributed by atoms with Crippen molar-refractivity contribution in [3.63, 3.8) is 0 Å². The topological polar surface area (TPSA) is 128 Å². The molecule has 10 nitrogen and oxygen atoms in total. The number of ether oxygens (including phenoxy) is 1. The fourth-order valence-electron chi connectivity index (χ4n) is 4.08. The van der Waals surface area contributed by atoms with Gasteiger partial charge in [0.2, 0.25) is 10.0 Å². The lowest BCUT2D eigenvalue weighted by molar-refractivity contribution is 0.0522. The number of alkyl carbamates (subject to hydrolysis) is 1. The lowest BCUT2D eigenvalue weighted by Crippen LogP contribution is -2.32. The average Bonchev–Trinajstić information content (AvgIpc) is 3.33. The molecule has 2 N–H and O–H groups in total. The molecule has 1 amide bonds. The van der Waals surface area contributed by atoms with Crippen LogP contribution in [0.4, 0.5) is 4.79 Å². The maximum Gasteiger partial charge on any atom is 0.408 e. The van der Waals surface area contributed by atoms with Gasteiger partial charge in [0.1, 0.15) is 5.60 Å². The van der Waals surface area contributed by atoms with Crippen molar-refractivity contribution in [3.05, 3.63) is 90.3 Å². The Morgan fingerprint density at radius 2 is 1.62 bits per heavy atom. The van der Waals surface area contributed by atoms with Gasteiger partial charge in [-0.05, 0) is 38.5 Å². The first-order valence-electron chi connectivity index (χ1n) is 12.3. The zero-order valence-corrected chi connectivity index (χ0v) is 22.6. The van der Waals surface area contributed by atoms with E-state index in [1.165, 1.54) is 0 Å². The average molecular weight is 545 g/mol. The number of carbonyl (C=O) groups is 1. The maximum atomic E-state index is 13.1. The largest absolute Gasteiger partial charge is 0.444 e. The SMILES string of the molecule is CC(C)(C)OC(=O)NCc1nnc2c3ccccc3c(-c3cccc(S(=O)(=O)NCc4ccccc4)c3)nn12. The third-order valence-electron chi connectivity index (χ3n) is 5.84. The van der Waals surface area contributed by atoms with Crippen molar-refractivity contribution in [3.8, 4) is 11.3 Å². The van der Waals surface area contributed by atoms with Gasteiger partial charge in [-0.1, -0.05) is 66.7 Å². The van der Waals surface area contributed by atoms with Crippen LogP contribution >= 0.6 is 0 Å². The smallest absolute Gasteiger partial charge is 0.408 e. The van der Waals surface area contributed by atoms with E-state index in [1.54, 1.807) is 49.6 Å². The molecule has 3 aromatic carbocycles. The molecule has 0 fully saturated rings. The number of aromatic nitrogens is 4. The monoisotopic (exact) mass is 544 g/mol. The van der Waals surface area contributed by atoms with Crippen LogP contribution in [0.2, 0.25) is 0 Å². The number of sulfonamides is 1. The summed E-state index contributed by atoms with van der Waals surface area (Å²) < 4.78 is 35.8. The lowest BCUT2D eigenvalue weighted by atomic mass is 10.1. The first kappa shape index (κ1) is 26.3. The molecule has 0 aliphatic rings. The van der Waals surface area contributed by atoms with Crippen LogP contribution in [0.25, 0.3) is 27.7 Å². The molecule has 5 rings (SSSR count). The first-order valence-corrected chi connectivity index (χ1v) is 13.8. The zero-order valence-electron chi connectivity index (χ0n) is 21.7. The molecule has 11 heteroatoms. The molecular weight excluding hydrogens is 516 g/mol. The molecule has 0 bridgehead atoms. The summed E-state index contributed by atoms with van der Waals surface area (Å²) in [6, 6.07) is 23.5. The van der Waals surface area contributed by atoms with E-state index in [0.29, 0.717) is 22.7 Å². The van der Waals surface area contributed by atoms with E-state index in [-0.39, 0.29) is 18.0 Å². The highest BCUT2D eigenvalue weighted by atomic mass is 32.2. The van der Waals surface area contributed by atoms with Crippen LogP contribution in [-0.4, -0.2) is 39.9 Å². The summed E-state index contributed by atoms with van der Waals surface area (Å²) in [5.74, 6) is 0.399. The number of hydrogen-bond donors (Lipinski definition) is 2. The van der Waals surface area contributed by atoms with Crippen LogP contribution in [0, 0.1) is 0 Å². The molecular formula is C28H28N6O4S. The van der Waals surface area contributed by atoms with Crippen molar-refractivity contribution in [1.29, 1.82) is 0 Å². The zero-order chi connectivity index (χ0) is 27.6. The second-order valence-electron chi connectivity index (χ2n) is 9.94. The van der Waals surface area contributed by atoms with Crippen molar-refractivity contribution < 1.29 is 17.9 Å². The fourth-order valence-corrected chi connectivity index (χ4v) is 5.14. The van der Waals surface area contributed by atoms with Crippen LogP contribution in [0.5, 0.6) is 0 Å². The Morgan fingerprint density at radius 3 is 2.36 bits per heavy atom. The van der Waals surface area contributed by atoms with Crippen LogP contribution in [0.3, 0.4) is 0 Å². The molecule has 2 heterocycles. The molecule has 200 valence electrons. The third-order valence-corrected chi connectivity index (χ3v) is 7.24. The molecule has 0 spiro atoms. The highest BCUT2D eigenvalue weighted by Gasteiger charge is 2.20. The number of benzene rings is 3. The van der Waals surface area contributed by atoms with Crippen molar-refractivity contribution in [1.82, 2.24) is 29.9 Å². The molecule has 0 unspecified atom stereocenters. The summed E-state index contributed by atoms with van der Waals surface area (Å²) in [5, 5.41) is 17.6. The normalized spacial score (nSPS) is 12.1. The number of nitrogens with zero attached hydrogens (tertiary/aromatic N) is 4. The third kappa shape index (κ3) is 5.89. The van der Waals surface area contributed by atoms with Gasteiger partial charge in [-0.3, -0.25) is 0 Å². The second-order valence-corrected chi connectivity index (χ2v) is 11.7. The molecule has 2 aromatic heterocycles. The van der Waals surface area contributed by atoms with Gasteiger partial charge < -0.3 is 10.1 Å². The minimum absolute atomic E-state index is 0.0404. The van der Waals surface area contributed by atoms with Gasteiger partial charge in [0.25, 0.3) is 0 Å². The Morgan fingerprint density at radius 1 is 0.897 bits per heavy atom. The molecule has 0 radical (unpaired) electrons. The van der Waals surface area contributed by atoms with Crippen LogP contribution in [0.1, 0.15) is 32.2 Å². The summed E-state index contributed by atoms with van der Waals surface area (Å²) in [6.45, 7) is 5.56. The molecule has 0 saturated heterocycles. The fraction of sp³-hybridized carbons (Fsp3) is 0.214. The molecule has 5 aromatic rings. The van der Waals surface area contributed by atoms with E-state index >= 15 is 0 Å². The van der Waals surface area contributed by atoms with Gasteiger partial charge in [0.15, 0.2) is 11.5 Å². The van der Waals surface area contributed by atoms with Gasteiger partial charge in [-0.15, -0.1) is 10.2 Å². The number of carbonyl (C=O) groups excluding carboxylic acids is 1. The minimum Gasteiger partial charge on any atom is -0.444 e. The summed E-state index contributed by atoms with van der Waals surface area (Å²) in [4.78, 5) is 12.3. The van der Waals surface area contributed by atoms with Gasteiger partial charge in [-0.25, -0.2) is 17.9 Å². The Labute approximate surface area is 226 Å². The molecule has 0 saturated carbocycles. The Balaban J connectivity index is 1.51. The van der Waals surface area contributed by atoms with E-state index < -0.39 is 21.7 Å². The Hall–Kier alpha value is -4.35. The number of rotatable bonds is 7. The number of amides is 1. The summed E-state index contributed by atoms with van der Waals surface area (Å²) in [7, 11) is -3.79. The standard InChI is InChI=1S/C28H28N6O4S/c1-28(2,3)38-27(35)29-18-24-31-32-26-23-15-8-7-14-22(23)25(33-34(24)26)20-12-9-13-21(16-20)39(36,37)30-17-19-10-5-4-6-11-19/h4-16,30H,17-18H2,1-3H3,(H,29,35). The van der Waals surface area contributed by atoms with Gasteiger partial charge in [-0.2, -0.15) is 9.61 Å². The van der Waals surface area contributed by atoms with E-state index in [1.807, 2.05) is 54.6 Å². The highest BCUT2D eigenvalue weighted by molar-refractivity contribution is 7.89. The predicted octanol–water partition coefficient (Wildman–Crippen LogP) is 4.45. The van der Waals surface area contributed by atoms with E-state index in [9.17, 15) is 13.2 Å².